The van der Waals surface area contributed by atoms with Crippen LogP contribution in [0.5, 0.6) is 11.5 Å². The molecule has 124 valence electrons. The Morgan fingerprint density at radius 3 is 2.13 bits per heavy atom. The minimum atomic E-state index is -3.57. The molecule has 0 aliphatic rings. The molecule has 0 aromatic heterocycles. The van der Waals surface area contributed by atoms with Crippen LogP contribution in [0.2, 0.25) is 10.0 Å². The van der Waals surface area contributed by atoms with Crippen molar-refractivity contribution in [3.63, 3.8) is 0 Å². The van der Waals surface area contributed by atoms with Crippen molar-refractivity contribution in [2.75, 3.05) is 24.2 Å². The molecule has 0 saturated carbocycles. The maximum Gasteiger partial charge on any atom is 0.236 e. The molecule has 0 atom stereocenters. The summed E-state index contributed by atoms with van der Waals surface area (Å²) in [6, 6.07) is 11.4. The van der Waals surface area contributed by atoms with Crippen LogP contribution in [-0.4, -0.2) is 27.9 Å². The van der Waals surface area contributed by atoms with Crippen LogP contribution < -0.4 is 14.2 Å². The van der Waals surface area contributed by atoms with E-state index >= 15 is 0 Å². The maximum atomic E-state index is 12.0. The van der Waals surface area contributed by atoms with Gasteiger partial charge in [-0.25, -0.2) is 8.42 Å². The van der Waals surface area contributed by atoms with E-state index in [-0.39, 0.29) is 12.4 Å². The fourth-order valence-electron chi connectivity index (χ4n) is 1.78. The molecular formula is C15H15Cl2NO4S. The van der Waals surface area contributed by atoms with E-state index in [4.69, 9.17) is 32.7 Å². The van der Waals surface area contributed by atoms with E-state index in [0.29, 0.717) is 27.2 Å². The van der Waals surface area contributed by atoms with Crippen molar-refractivity contribution < 1.29 is 17.9 Å². The number of halogens is 2. The lowest BCUT2D eigenvalue weighted by atomic mass is 10.3. The summed E-state index contributed by atoms with van der Waals surface area (Å²) in [5.41, 5.74) is 0.312. The van der Waals surface area contributed by atoms with Crippen molar-refractivity contribution in [2.45, 2.75) is 0 Å². The molecule has 0 aliphatic carbocycles. The van der Waals surface area contributed by atoms with Crippen LogP contribution in [0, 0.1) is 0 Å². The van der Waals surface area contributed by atoms with Crippen molar-refractivity contribution in [3.05, 3.63) is 52.5 Å². The largest absolute Gasteiger partial charge is 0.497 e. The van der Waals surface area contributed by atoms with E-state index in [1.54, 1.807) is 31.4 Å². The molecule has 0 unspecified atom stereocenters. The third-order valence-corrected chi connectivity index (χ3v) is 4.50. The molecule has 0 saturated heterocycles. The first-order chi connectivity index (χ1) is 10.9. The summed E-state index contributed by atoms with van der Waals surface area (Å²) in [5, 5.41) is 0.703. The van der Waals surface area contributed by atoms with Crippen LogP contribution in [0.25, 0.3) is 0 Å². The van der Waals surface area contributed by atoms with Crippen LogP contribution in [0.1, 0.15) is 0 Å². The van der Waals surface area contributed by atoms with E-state index in [9.17, 15) is 8.42 Å². The summed E-state index contributed by atoms with van der Waals surface area (Å²) in [4.78, 5) is 0. The number of methoxy groups -OCH3 is 1. The molecule has 0 amide bonds. The van der Waals surface area contributed by atoms with Gasteiger partial charge in [-0.2, -0.15) is 0 Å². The van der Waals surface area contributed by atoms with Gasteiger partial charge in [-0.15, -0.1) is 0 Å². The average Bonchev–Trinajstić information content (AvgIpc) is 2.46. The molecule has 8 heteroatoms. The molecule has 1 N–H and O–H groups in total. The van der Waals surface area contributed by atoms with Gasteiger partial charge in [0.15, 0.2) is 0 Å². The Hall–Kier alpha value is -1.63. The quantitative estimate of drug-likeness (QED) is 0.798. The summed E-state index contributed by atoms with van der Waals surface area (Å²) >= 11 is 11.7. The van der Waals surface area contributed by atoms with Crippen LogP contribution in [-0.2, 0) is 10.0 Å². The van der Waals surface area contributed by atoms with Gasteiger partial charge in [0.2, 0.25) is 10.0 Å². The molecule has 0 fully saturated rings. The highest BCUT2D eigenvalue weighted by Crippen LogP contribution is 2.23. The normalized spacial score (nSPS) is 11.1. The minimum absolute atomic E-state index is 0.00988. The Morgan fingerprint density at radius 1 is 1.00 bits per heavy atom. The number of nitrogens with one attached hydrogen (secondary N) is 1. The first kappa shape index (κ1) is 17.7. The average molecular weight is 376 g/mol. The molecule has 0 bridgehead atoms. The van der Waals surface area contributed by atoms with E-state index < -0.39 is 10.0 Å². The fourth-order valence-corrected chi connectivity index (χ4v) is 3.19. The molecule has 0 spiro atoms. The van der Waals surface area contributed by atoms with Gasteiger partial charge in [0.1, 0.15) is 23.9 Å². The van der Waals surface area contributed by atoms with Crippen LogP contribution in [0.15, 0.2) is 42.5 Å². The molecule has 2 aromatic rings. The lowest BCUT2D eigenvalue weighted by Gasteiger charge is -2.10. The molecule has 0 radical (unpaired) electrons. The molecule has 0 heterocycles. The second-order valence-electron chi connectivity index (χ2n) is 4.60. The third-order valence-electron chi connectivity index (χ3n) is 2.82. The number of anilines is 1. The predicted octanol–water partition coefficient (Wildman–Crippen LogP) is 3.82. The molecular weight excluding hydrogens is 361 g/mol. The number of benzene rings is 2. The number of sulfonamides is 1. The van der Waals surface area contributed by atoms with E-state index in [1.165, 1.54) is 18.2 Å². The van der Waals surface area contributed by atoms with Crippen LogP contribution in [0.3, 0.4) is 0 Å². The van der Waals surface area contributed by atoms with Crippen molar-refractivity contribution in [2.24, 2.45) is 0 Å². The molecule has 5 nitrogen and oxygen atoms in total. The SMILES string of the molecule is COc1ccc(OCCS(=O)(=O)Nc2cc(Cl)cc(Cl)c2)cc1. The van der Waals surface area contributed by atoms with Gasteiger partial charge >= 0.3 is 0 Å². The van der Waals surface area contributed by atoms with Crippen LogP contribution >= 0.6 is 23.2 Å². The molecule has 0 aliphatic heterocycles. The highest BCUT2D eigenvalue weighted by molar-refractivity contribution is 7.92. The van der Waals surface area contributed by atoms with Crippen molar-refractivity contribution in [1.29, 1.82) is 0 Å². The van der Waals surface area contributed by atoms with E-state index in [0.717, 1.165) is 0 Å². The standard InChI is InChI=1S/C15H15Cl2NO4S/c1-21-14-2-4-15(5-3-14)22-6-7-23(19,20)18-13-9-11(16)8-12(17)10-13/h2-5,8-10,18H,6-7H2,1H3. The zero-order chi connectivity index (χ0) is 16.9. The van der Waals surface area contributed by atoms with Crippen molar-refractivity contribution >= 4 is 38.9 Å². The first-order valence-electron chi connectivity index (χ1n) is 6.61. The molecule has 2 aromatic carbocycles. The van der Waals surface area contributed by atoms with Crippen molar-refractivity contribution in [3.8, 4) is 11.5 Å². The summed E-state index contributed by atoms with van der Waals surface area (Å²) in [5.74, 6) is 1.06. The molecule has 23 heavy (non-hydrogen) atoms. The van der Waals surface area contributed by atoms with E-state index in [2.05, 4.69) is 4.72 Å². The van der Waals surface area contributed by atoms with Gasteiger partial charge in [0.05, 0.1) is 12.8 Å². The van der Waals surface area contributed by atoms with Gasteiger partial charge < -0.3 is 9.47 Å². The monoisotopic (exact) mass is 375 g/mol. The third kappa shape index (κ3) is 5.82. The smallest absolute Gasteiger partial charge is 0.236 e. The first-order valence-corrected chi connectivity index (χ1v) is 9.02. The zero-order valence-corrected chi connectivity index (χ0v) is 14.6. The second kappa shape index (κ2) is 7.77. The summed E-state index contributed by atoms with van der Waals surface area (Å²) < 4.78 is 36.9. The summed E-state index contributed by atoms with van der Waals surface area (Å²) in [6.07, 6.45) is 0. The number of ether oxygens (including phenoxy) is 2. The van der Waals surface area contributed by atoms with Gasteiger partial charge in [0, 0.05) is 10.0 Å². The highest BCUT2D eigenvalue weighted by Gasteiger charge is 2.12. The Kier molecular flexibility index (Phi) is 5.98. The summed E-state index contributed by atoms with van der Waals surface area (Å²) in [6.45, 7) is 0.00988. The van der Waals surface area contributed by atoms with Crippen LogP contribution in [0.4, 0.5) is 5.69 Å². The Bertz CT molecular complexity index is 743. The number of rotatable bonds is 7. The Balaban J connectivity index is 1.90. The highest BCUT2D eigenvalue weighted by atomic mass is 35.5. The number of hydrogen-bond donors (Lipinski definition) is 1. The van der Waals surface area contributed by atoms with Gasteiger partial charge in [0.25, 0.3) is 0 Å². The number of hydrogen-bond acceptors (Lipinski definition) is 4. The molecule has 2 rings (SSSR count). The zero-order valence-electron chi connectivity index (χ0n) is 12.3. The van der Waals surface area contributed by atoms with Gasteiger partial charge in [-0.05, 0) is 42.5 Å². The predicted molar refractivity (Wildman–Crippen MR) is 92.4 cm³/mol. The topological polar surface area (TPSA) is 64.6 Å². The fraction of sp³-hybridized carbons (Fsp3) is 0.200. The lowest BCUT2D eigenvalue weighted by molar-refractivity contribution is 0.340. The van der Waals surface area contributed by atoms with Gasteiger partial charge in [-0.3, -0.25) is 4.72 Å². The van der Waals surface area contributed by atoms with Crippen molar-refractivity contribution in [1.82, 2.24) is 0 Å². The Labute approximate surface area is 145 Å². The lowest BCUT2D eigenvalue weighted by Crippen LogP contribution is -2.21. The summed E-state index contributed by atoms with van der Waals surface area (Å²) in [7, 11) is -2.00. The Morgan fingerprint density at radius 2 is 1.57 bits per heavy atom. The maximum absolute atomic E-state index is 12.0. The van der Waals surface area contributed by atoms with E-state index in [1.807, 2.05) is 0 Å². The van der Waals surface area contributed by atoms with Gasteiger partial charge in [-0.1, -0.05) is 23.2 Å². The minimum Gasteiger partial charge on any atom is -0.497 e. The second-order valence-corrected chi connectivity index (χ2v) is 7.32.